The van der Waals surface area contributed by atoms with E-state index in [0.29, 0.717) is 35.2 Å². The predicted octanol–water partition coefficient (Wildman–Crippen LogP) is 2.49. The largest absolute Gasteiger partial charge is 0.384 e. The van der Waals surface area contributed by atoms with Crippen LogP contribution in [0.25, 0.3) is 0 Å². The molecule has 1 saturated heterocycles. The molecule has 0 atom stereocenters. The molecule has 9 heteroatoms. The minimum atomic E-state index is -0.589. The Morgan fingerprint density at radius 2 is 1.96 bits per heavy atom. The Kier molecular flexibility index (Phi) is 8.96. The molecule has 2 rings (SSSR count). The van der Waals surface area contributed by atoms with Crippen molar-refractivity contribution in [3.63, 3.8) is 0 Å². The SMILES string of the molecule is COCC1(C(=O)NCC(=O)Nc2cc(Cl)ccc2Cl)CCNCC1.Cl. The summed E-state index contributed by atoms with van der Waals surface area (Å²) < 4.78 is 5.22. The molecule has 1 heterocycles. The van der Waals surface area contributed by atoms with Crippen molar-refractivity contribution in [2.75, 3.05) is 38.7 Å². The smallest absolute Gasteiger partial charge is 0.243 e. The maximum atomic E-state index is 12.5. The Hall–Kier alpha value is -1.05. The predicted molar refractivity (Wildman–Crippen MR) is 102 cm³/mol. The summed E-state index contributed by atoms with van der Waals surface area (Å²) in [6, 6.07) is 4.79. The first-order valence-corrected chi connectivity index (χ1v) is 8.45. The van der Waals surface area contributed by atoms with Crippen LogP contribution in [-0.4, -0.2) is 45.2 Å². The van der Waals surface area contributed by atoms with Gasteiger partial charge in [-0.2, -0.15) is 0 Å². The zero-order valence-corrected chi connectivity index (χ0v) is 16.2. The van der Waals surface area contributed by atoms with Crippen LogP contribution in [-0.2, 0) is 14.3 Å². The van der Waals surface area contributed by atoms with Gasteiger partial charge in [0, 0.05) is 12.1 Å². The first-order valence-electron chi connectivity index (χ1n) is 7.70. The molecule has 0 radical (unpaired) electrons. The zero-order chi connectivity index (χ0) is 17.6. The summed E-state index contributed by atoms with van der Waals surface area (Å²) in [6.45, 7) is 1.70. The van der Waals surface area contributed by atoms with Crippen molar-refractivity contribution in [3.05, 3.63) is 28.2 Å². The lowest BCUT2D eigenvalue weighted by Gasteiger charge is -2.35. The van der Waals surface area contributed by atoms with Gasteiger partial charge < -0.3 is 20.7 Å². The Morgan fingerprint density at radius 3 is 2.60 bits per heavy atom. The van der Waals surface area contributed by atoms with E-state index in [1.54, 1.807) is 25.3 Å². The molecule has 6 nitrogen and oxygen atoms in total. The minimum Gasteiger partial charge on any atom is -0.384 e. The van der Waals surface area contributed by atoms with E-state index in [1.807, 2.05) is 0 Å². The number of nitrogens with one attached hydrogen (secondary N) is 3. The molecule has 25 heavy (non-hydrogen) atoms. The molecule has 0 spiro atoms. The number of rotatable bonds is 6. The van der Waals surface area contributed by atoms with Crippen molar-refractivity contribution in [3.8, 4) is 0 Å². The number of ether oxygens (including phenoxy) is 1. The summed E-state index contributed by atoms with van der Waals surface area (Å²) in [5.74, 6) is -0.535. The van der Waals surface area contributed by atoms with Crippen LogP contribution in [0.15, 0.2) is 18.2 Å². The van der Waals surface area contributed by atoms with Gasteiger partial charge in [0.1, 0.15) is 0 Å². The van der Waals surface area contributed by atoms with Crippen molar-refractivity contribution in [2.45, 2.75) is 12.8 Å². The monoisotopic (exact) mass is 409 g/mol. The van der Waals surface area contributed by atoms with E-state index in [4.69, 9.17) is 27.9 Å². The summed E-state index contributed by atoms with van der Waals surface area (Å²) in [6.07, 6.45) is 1.35. The molecule has 0 saturated carbocycles. The molecule has 3 N–H and O–H groups in total. The Morgan fingerprint density at radius 1 is 1.28 bits per heavy atom. The summed E-state index contributed by atoms with van der Waals surface area (Å²) in [7, 11) is 1.57. The van der Waals surface area contributed by atoms with Gasteiger partial charge in [0.05, 0.1) is 29.3 Å². The van der Waals surface area contributed by atoms with Gasteiger partial charge in [-0.05, 0) is 44.1 Å². The fourth-order valence-corrected chi connectivity index (χ4v) is 3.09. The third-order valence-corrected chi connectivity index (χ3v) is 4.64. The molecule has 0 aromatic heterocycles. The highest BCUT2D eigenvalue weighted by Gasteiger charge is 2.39. The molecule has 1 aromatic rings. The van der Waals surface area contributed by atoms with Gasteiger partial charge in [0.25, 0.3) is 0 Å². The van der Waals surface area contributed by atoms with E-state index < -0.39 is 5.41 Å². The van der Waals surface area contributed by atoms with Crippen molar-refractivity contribution in [2.24, 2.45) is 5.41 Å². The lowest BCUT2D eigenvalue weighted by Crippen LogP contribution is -2.51. The second-order valence-corrected chi connectivity index (χ2v) is 6.66. The van der Waals surface area contributed by atoms with Crippen molar-refractivity contribution in [1.29, 1.82) is 0 Å². The highest BCUT2D eigenvalue weighted by molar-refractivity contribution is 6.35. The topological polar surface area (TPSA) is 79.5 Å². The van der Waals surface area contributed by atoms with Gasteiger partial charge in [-0.3, -0.25) is 9.59 Å². The standard InChI is InChI=1S/C16H21Cl2N3O3.ClH/c1-24-10-16(4-6-19-7-5-16)15(23)20-9-14(22)21-13-8-11(17)2-3-12(13)18;/h2-3,8,19H,4-7,9-10H2,1H3,(H,20,23)(H,21,22);1H. The summed E-state index contributed by atoms with van der Waals surface area (Å²) in [5.41, 5.74) is -0.176. The Labute approximate surface area is 163 Å². The molecule has 140 valence electrons. The van der Waals surface area contributed by atoms with E-state index in [9.17, 15) is 9.59 Å². The molecule has 1 aliphatic rings. The molecular weight excluding hydrogens is 389 g/mol. The molecule has 1 fully saturated rings. The zero-order valence-electron chi connectivity index (χ0n) is 13.9. The number of hydrogen-bond acceptors (Lipinski definition) is 4. The second kappa shape index (κ2) is 10.2. The van der Waals surface area contributed by atoms with Crippen LogP contribution in [0.5, 0.6) is 0 Å². The molecule has 0 aliphatic carbocycles. The highest BCUT2D eigenvalue weighted by Crippen LogP contribution is 2.29. The van der Waals surface area contributed by atoms with E-state index in [0.717, 1.165) is 13.1 Å². The van der Waals surface area contributed by atoms with E-state index in [2.05, 4.69) is 16.0 Å². The van der Waals surface area contributed by atoms with Crippen LogP contribution in [0.1, 0.15) is 12.8 Å². The molecule has 0 bridgehead atoms. The van der Waals surface area contributed by atoms with Crippen LogP contribution in [0.2, 0.25) is 10.0 Å². The molecular formula is C16H22Cl3N3O3. The van der Waals surface area contributed by atoms with Crippen LogP contribution in [0.3, 0.4) is 0 Å². The number of carbonyl (C=O) groups excluding carboxylic acids is 2. The lowest BCUT2D eigenvalue weighted by molar-refractivity contribution is -0.137. The van der Waals surface area contributed by atoms with E-state index >= 15 is 0 Å². The number of hydrogen-bond donors (Lipinski definition) is 3. The normalized spacial score (nSPS) is 15.8. The maximum Gasteiger partial charge on any atom is 0.243 e. The van der Waals surface area contributed by atoms with Crippen molar-refractivity contribution in [1.82, 2.24) is 10.6 Å². The first-order chi connectivity index (χ1) is 11.5. The summed E-state index contributed by atoms with van der Waals surface area (Å²) in [4.78, 5) is 24.6. The second-order valence-electron chi connectivity index (χ2n) is 5.82. The first kappa shape index (κ1) is 22.0. The number of anilines is 1. The van der Waals surface area contributed by atoms with Gasteiger partial charge in [-0.15, -0.1) is 12.4 Å². The third kappa shape index (κ3) is 6.01. The van der Waals surface area contributed by atoms with Crippen molar-refractivity contribution < 1.29 is 14.3 Å². The number of halogens is 3. The number of piperidine rings is 1. The van der Waals surface area contributed by atoms with Crippen LogP contribution in [0.4, 0.5) is 5.69 Å². The average Bonchev–Trinajstić information content (AvgIpc) is 2.57. The van der Waals surface area contributed by atoms with Gasteiger partial charge >= 0.3 is 0 Å². The molecule has 1 aromatic carbocycles. The van der Waals surface area contributed by atoms with Crippen molar-refractivity contribution >= 4 is 53.1 Å². The van der Waals surface area contributed by atoms with Gasteiger partial charge in [0.15, 0.2) is 0 Å². The number of carbonyl (C=O) groups is 2. The maximum absolute atomic E-state index is 12.5. The fourth-order valence-electron chi connectivity index (χ4n) is 2.75. The quantitative estimate of drug-likeness (QED) is 0.673. The van der Waals surface area contributed by atoms with Crippen LogP contribution >= 0.6 is 35.6 Å². The van der Waals surface area contributed by atoms with Gasteiger partial charge in [-0.25, -0.2) is 0 Å². The molecule has 0 unspecified atom stereocenters. The van der Waals surface area contributed by atoms with Gasteiger partial charge in [-0.1, -0.05) is 23.2 Å². The number of methoxy groups -OCH3 is 1. The number of benzene rings is 1. The summed E-state index contributed by atoms with van der Waals surface area (Å²) in [5, 5.41) is 9.41. The van der Waals surface area contributed by atoms with Crippen LogP contribution < -0.4 is 16.0 Å². The van der Waals surface area contributed by atoms with Gasteiger partial charge in [0.2, 0.25) is 11.8 Å². The fraction of sp³-hybridized carbons (Fsp3) is 0.500. The van der Waals surface area contributed by atoms with Crippen LogP contribution in [0, 0.1) is 5.41 Å². The van der Waals surface area contributed by atoms with E-state index in [-0.39, 0.29) is 30.8 Å². The average molecular weight is 411 g/mol. The lowest BCUT2D eigenvalue weighted by atomic mass is 9.78. The summed E-state index contributed by atoms with van der Waals surface area (Å²) >= 11 is 11.9. The third-order valence-electron chi connectivity index (χ3n) is 4.07. The number of amides is 2. The molecule has 1 aliphatic heterocycles. The molecule has 2 amide bonds. The highest BCUT2D eigenvalue weighted by atomic mass is 35.5. The minimum absolute atomic E-state index is 0. The Balaban J connectivity index is 0.00000312. The Bertz CT molecular complexity index is 602. The van der Waals surface area contributed by atoms with E-state index in [1.165, 1.54) is 0 Å².